The van der Waals surface area contributed by atoms with Gasteiger partial charge in [0.25, 0.3) is 0 Å². The van der Waals surface area contributed by atoms with Crippen LogP contribution in [0.15, 0.2) is 35.9 Å². The smallest absolute Gasteiger partial charge is 0.410 e. The summed E-state index contributed by atoms with van der Waals surface area (Å²) in [7, 11) is 2.02. The molecule has 2 unspecified atom stereocenters. The van der Waals surface area contributed by atoms with Gasteiger partial charge in [-0.15, -0.1) is 0 Å². The van der Waals surface area contributed by atoms with E-state index in [1.807, 2.05) is 65.1 Å². The molecule has 2 heterocycles. The minimum absolute atomic E-state index is 0.125. The summed E-state index contributed by atoms with van der Waals surface area (Å²) in [6, 6.07) is 9.89. The average molecular weight is 386 g/mol. The van der Waals surface area contributed by atoms with Gasteiger partial charge in [-0.25, -0.2) is 9.59 Å². The van der Waals surface area contributed by atoms with E-state index in [1.54, 1.807) is 4.90 Å². The van der Waals surface area contributed by atoms with Crippen LogP contribution in [0.4, 0.5) is 4.79 Å². The number of piperazine rings is 1. The molecule has 6 heteroatoms. The molecule has 2 aliphatic rings. The Bertz CT molecular complexity index is 766. The van der Waals surface area contributed by atoms with Crippen LogP contribution in [0.25, 0.3) is 5.57 Å². The average Bonchev–Trinajstić information content (AvgIpc) is 2.61. The zero-order valence-corrected chi connectivity index (χ0v) is 17.4. The summed E-state index contributed by atoms with van der Waals surface area (Å²) in [4.78, 5) is 29.5. The minimum Gasteiger partial charge on any atom is -0.463 e. The Labute approximate surface area is 167 Å². The number of ether oxygens (including phenoxy) is 2. The second-order valence-electron chi connectivity index (χ2n) is 8.40. The number of esters is 1. The number of benzene rings is 1. The van der Waals surface area contributed by atoms with Crippen molar-refractivity contribution in [3.63, 3.8) is 0 Å². The highest BCUT2D eigenvalue weighted by Gasteiger charge is 2.44. The zero-order valence-electron chi connectivity index (χ0n) is 17.4. The molecule has 3 rings (SSSR count). The first-order chi connectivity index (χ1) is 13.2. The van der Waals surface area contributed by atoms with Crippen molar-refractivity contribution in [3.05, 3.63) is 41.5 Å². The van der Waals surface area contributed by atoms with Gasteiger partial charge in [0.05, 0.1) is 18.2 Å². The highest BCUT2D eigenvalue weighted by atomic mass is 16.6. The lowest BCUT2D eigenvalue weighted by Gasteiger charge is -2.49. The van der Waals surface area contributed by atoms with Crippen molar-refractivity contribution in [2.75, 3.05) is 26.7 Å². The van der Waals surface area contributed by atoms with Crippen LogP contribution in [-0.2, 0) is 14.3 Å². The maximum atomic E-state index is 12.9. The van der Waals surface area contributed by atoms with Crippen molar-refractivity contribution in [3.8, 4) is 0 Å². The fourth-order valence-electron chi connectivity index (χ4n) is 3.96. The number of hydrogen-bond donors (Lipinski definition) is 0. The van der Waals surface area contributed by atoms with Gasteiger partial charge in [0.15, 0.2) is 0 Å². The summed E-state index contributed by atoms with van der Waals surface area (Å²) >= 11 is 0. The fourth-order valence-corrected chi connectivity index (χ4v) is 3.96. The maximum absolute atomic E-state index is 12.9. The summed E-state index contributed by atoms with van der Waals surface area (Å²) < 4.78 is 11.0. The van der Waals surface area contributed by atoms with Crippen molar-refractivity contribution in [1.29, 1.82) is 0 Å². The first-order valence-corrected chi connectivity index (χ1v) is 9.86. The zero-order chi connectivity index (χ0) is 20.5. The molecule has 6 nitrogen and oxygen atoms in total. The highest BCUT2D eigenvalue weighted by molar-refractivity contribution is 6.00. The van der Waals surface area contributed by atoms with Gasteiger partial charge in [-0.05, 0) is 52.3 Å². The van der Waals surface area contributed by atoms with E-state index in [0.717, 1.165) is 11.1 Å². The second kappa shape index (κ2) is 7.95. The molecule has 0 aliphatic carbocycles. The van der Waals surface area contributed by atoms with E-state index in [4.69, 9.17) is 9.47 Å². The number of nitrogens with zero attached hydrogens (tertiary/aromatic N) is 2. The molecule has 2 aliphatic heterocycles. The Morgan fingerprint density at radius 1 is 1.14 bits per heavy atom. The molecular formula is C22H30N2O4. The number of hydrogen-bond acceptors (Lipinski definition) is 5. The van der Waals surface area contributed by atoms with Gasteiger partial charge in [0.1, 0.15) is 5.60 Å². The molecule has 1 amide bonds. The summed E-state index contributed by atoms with van der Waals surface area (Å²) in [6.07, 6.45) is 0.353. The van der Waals surface area contributed by atoms with E-state index in [-0.39, 0.29) is 24.1 Å². The van der Waals surface area contributed by atoms with Crippen LogP contribution in [-0.4, -0.2) is 66.3 Å². The topological polar surface area (TPSA) is 59.1 Å². The van der Waals surface area contributed by atoms with Gasteiger partial charge < -0.3 is 14.4 Å². The lowest BCUT2D eigenvalue weighted by molar-refractivity contribution is -0.140. The normalized spacial score (nSPS) is 22.8. The lowest BCUT2D eigenvalue weighted by atomic mass is 9.82. The monoisotopic (exact) mass is 386 g/mol. The second-order valence-corrected chi connectivity index (χ2v) is 8.40. The van der Waals surface area contributed by atoms with Crippen LogP contribution in [0.5, 0.6) is 0 Å². The lowest BCUT2D eigenvalue weighted by Crippen LogP contribution is -2.62. The van der Waals surface area contributed by atoms with Crippen LogP contribution in [0.3, 0.4) is 0 Å². The third-order valence-corrected chi connectivity index (χ3v) is 5.26. The number of likely N-dealkylation sites (N-methyl/N-ethyl adjacent to an activating group) is 1. The van der Waals surface area contributed by atoms with Gasteiger partial charge in [-0.3, -0.25) is 4.90 Å². The Morgan fingerprint density at radius 3 is 2.43 bits per heavy atom. The molecule has 0 spiro atoms. The van der Waals surface area contributed by atoms with Crippen LogP contribution in [0.1, 0.15) is 39.7 Å². The Balaban J connectivity index is 1.97. The standard InChI is InChI=1S/C22H30N2O4/c1-6-27-20(25)19-17(15-10-8-7-9-11-15)12-16-13-24(14-18(19)23(16)5)21(26)28-22(2,3)4/h7-11,16,18H,6,12-14H2,1-5H3. The molecule has 1 aromatic rings. The van der Waals surface area contributed by atoms with Crippen molar-refractivity contribution < 1.29 is 19.1 Å². The molecule has 28 heavy (non-hydrogen) atoms. The number of amides is 1. The predicted octanol–water partition coefficient (Wildman–Crippen LogP) is 3.33. The maximum Gasteiger partial charge on any atom is 0.410 e. The van der Waals surface area contributed by atoms with Crippen molar-refractivity contribution >= 4 is 17.6 Å². The van der Waals surface area contributed by atoms with Crippen LogP contribution in [0.2, 0.25) is 0 Å². The number of fused-ring (bicyclic) bond motifs is 2. The van der Waals surface area contributed by atoms with Crippen molar-refractivity contribution in [1.82, 2.24) is 9.80 Å². The summed E-state index contributed by atoms with van der Waals surface area (Å²) in [5, 5.41) is 0. The summed E-state index contributed by atoms with van der Waals surface area (Å²) in [6.45, 7) is 8.70. The third kappa shape index (κ3) is 4.22. The third-order valence-electron chi connectivity index (χ3n) is 5.26. The van der Waals surface area contributed by atoms with E-state index < -0.39 is 5.60 Å². The van der Waals surface area contributed by atoms with E-state index in [9.17, 15) is 9.59 Å². The molecular weight excluding hydrogens is 356 g/mol. The van der Waals surface area contributed by atoms with Crippen LogP contribution < -0.4 is 0 Å². The van der Waals surface area contributed by atoms with Gasteiger partial charge >= 0.3 is 12.1 Å². The Hall–Kier alpha value is -2.34. The summed E-state index contributed by atoms with van der Waals surface area (Å²) in [5.74, 6) is -0.303. The molecule has 0 aromatic heterocycles. The van der Waals surface area contributed by atoms with E-state index in [1.165, 1.54) is 0 Å². The van der Waals surface area contributed by atoms with Gasteiger partial charge in [-0.2, -0.15) is 0 Å². The van der Waals surface area contributed by atoms with Gasteiger partial charge in [0.2, 0.25) is 0 Å². The molecule has 2 bridgehead atoms. The molecule has 1 fully saturated rings. The predicted molar refractivity (Wildman–Crippen MR) is 108 cm³/mol. The van der Waals surface area contributed by atoms with E-state index in [0.29, 0.717) is 31.7 Å². The molecule has 0 N–H and O–H groups in total. The van der Waals surface area contributed by atoms with Crippen molar-refractivity contribution in [2.24, 2.45) is 0 Å². The van der Waals surface area contributed by atoms with E-state index in [2.05, 4.69) is 4.90 Å². The molecule has 1 saturated heterocycles. The van der Waals surface area contributed by atoms with E-state index >= 15 is 0 Å². The SMILES string of the molecule is CCOC(=O)C1=C(c2ccccc2)CC2CN(C(=O)OC(C)(C)C)CC1N2C. The molecule has 152 valence electrons. The number of carbonyl (C=O) groups is 2. The first-order valence-electron chi connectivity index (χ1n) is 9.86. The Kier molecular flexibility index (Phi) is 5.79. The fraction of sp³-hybridized carbons (Fsp3) is 0.545. The first kappa shape index (κ1) is 20.4. The van der Waals surface area contributed by atoms with Crippen molar-refractivity contribution in [2.45, 2.75) is 51.8 Å². The molecule has 0 radical (unpaired) electrons. The summed E-state index contributed by atoms with van der Waals surface area (Å²) in [5.41, 5.74) is 2.17. The largest absolute Gasteiger partial charge is 0.463 e. The van der Waals surface area contributed by atoms with Crippen LogP contribution in [0, 0.1) is 0 Å². The van der Waals surface area contributed by atoms with Gasteiger partial charge in [0, 0.05) is 19.1 Å². The molecule has 2 atom stereocenters. The molecule has 1 aromatic carbocycles. The van der Waals surface area contributed by atoms with Crippen LogP contribution >= 0.6 is 0 Å². The Morgan fingerprint density at radius 2 is 1.82 bits per heavy atom. The molecule has 0 saturated carbocycles. The number of carbonyl (C=O) groups excluding carboxylic acids is 2. The quantitative estimate of drug-likeness (QED) is 0.746. The number of rotatable bonds is 3. The van der Waals surface area contributed by atoms with Gasteiger partial charge in [-0.1, -0.05) is 30.3 Å². The highest BCUT2D eigenvalue weighted by Crippen LogP contribution is 2.38. The minimum atomic E-state index is -0.551.